The number of nitrogens with one attached hydrogen (secondary N) is 1. The van der Waals surface area contributed by atoms with Gasteiger partial charge in [0.05, 0.1) is 0 Å². The Hall–Kier alpha value is -1.91. The number of piperazine rings is 1. The van der Waals surface area contributed by atoms with Crippen LogP contribution < -0.4 is 10.2 Å². The first-order chi connectivity index (χ1) is 10.0. The van der Waals surface area contributed by atoms with E-state index < -0.39 is 12.1 Å². The number of rotatable bonds is 3. The molecule has 2 fully saturated rings. The first kappa shape index (κ1) is 14.0. The van der Waals surface area contributed by atoms with Crippen LogP contribution in [0.5, 0.6) is 0 Å². The summed E-state index contributed by atoms with van der Waals surface area (Å²) in [6, 6.07) is 3.38. The number of nitrogens with zero attached hydrogens (tertiary/aromatic N) is 1. The second kappa shape index (κ2) is 5.13. The van der Waals surface area contributed by atoms with Gasteiger partial charge in [-0.3, -0.25) is 14.5 Å². The highest BCUT2D eigenvalue weighted by molar-refractivity contribution is 6.09. The molecule has 1 aliphatic heterocycles. The van der Waals surface area contributed by atoms with Crippen molar-refractivity contribution in [2.24, 2.45) is 5.92 Å². The Morgan fingerprint density at radius 1 is 1.33 bits per heavy atom. The van der Waals surface area contributed by atoms with Gasteiger partial charge in [0.2, 0.25) is 5.91 Å². The Kier molecular flexibility index (Phi) is 3.43. The fourth-order valence-corrected chi connectivity index (χ4v) is 3.02. The highest BCUT2D eigenvalue weighted by atomic mass is 19.1. The van der Waals surface area contributed by atoms with Crippen LogP contribution in [0.1, 0.15) is 31.7 Å². The molecule has 0 aromatic heterocycles. The lowest BCUT2D eigenvalue weighted by Crippen LogP contribution is -2.64. The Labute approximate surface area is 123 Å². The molecule has 1 saturated carbocycles. The van der Waals surface area contributed by atoms with E-state index in [0.29, 0.717) is 17.7 Å². The number of hydrogen-bond acceptors (Lipinski definition) is 2. The molecule has 5 heteroatoms. The molecule has 0 bridgehead atoms. The van der Waals surface area contributed by atoms with E-state index in [0.717, 1.165) is 12.8 Å². The summed E-state index contributed by atoms with van der Waals surface area (Å²) in [4.78, 5) is 26.6. The highest BCUT2D eigenvalue weighted by Crippen LogP contribution is 2.37. The minimum Gasteiger partial charge on any atom is -0.342 e. The smallest absolute Gasteiger partial charge is 0.250 e. The number of amides is 2. The van der Waals surface area contributed by atoms with Crippen molar-refractivity contribution in [3.63, 3.8) is 0 Å². The molecule has 2 aliphatic rings. The van der Waals surface area contributed by atoms with Gasteiger partial charge in [0.1, 0.15) is 17.9 Å². The topological polar surface area (TPSA) is 49.4 Å². The Balaban J connectivity index is 2.01. The summed E-state index contributed by atoms with van der Waals surface area (Å²) >= 11 is 0. The number of aryl methyl sites for hydroxylation is 1. The van der Waals surface area contributed by atoms with E-state index in [1.165, 1.54) is 12.1 Å². The predicted octanol–water partition coefficient (Wildman–Crippen LogP) is 2.15. The summed E-state index contributed by atoms with van der Waals surface area (Å²) in [5, 5.41) is 2.86. The zero-order valence-corrected chi connectivity index (χ0v) is 12.2. The molecule has 1 aromatic rings. The zero-order chi connectivity index (χ0) is 15.1. The molecule has 1 aromatic carbocycles. The lowest BCUT2D eigenvalue weighted by Gasteiger charge is -2.39. The van der Waals surface area contributed by atoms with Crippen molar-refractivity contribution in [3.8, 4) is 0 Å². The second-order valence-corrected chi connectivity index (χ2v) is 5.89. The van der Waals surface area contributed by atoms with E-state index in [2.05, 4.69) is 5.32 Å². The van der Waals surface area contributed by atoms with Crippen molar-refractivity contribution in [2.75, 3.05) is 4.90 Å². The van der Waals surface area contributed by atoms with Crippen molar-refractivity contribution < 1.29 is 14.0 Å². The van der Waals surface area contributed by atoms with Gasteiger partial charge in [-0.25, -0.2) is 4.39 Å². The van der Waals surface area contributed by atoms with Crippen LogP contribution in [0.25, 0.3) is 0 Å². The van der Waals surface area contributed by atoms with E-state index in [1.807, 2.05) is 6.92 Å². The molecule has 1 saturated heterocycles. The minimum atomic E-state index is -0.517. The summed E-state index contributed by atoms with van der Waals surface area (Å²) in [7, 11) is 0. The van der Waals surface area contributed by atoms with E-state index in [9.17, 15) is 14.0 Å². The molecule has 1 aliphatic carbocycles. The van der Waals surface area contributed by atoms with Crippen LogP contribution in [0.3, 0.4) is 0 Å². The first-order valence-corrected chi connectivity index (χ1v) is 7.42. The average molecular weight is 290 g/mol. The predicted molar refractivity (Wildman–Crippen MR) is 77.4 cm³/mol. The molecule has 3 rings (SSSR count). The number of carbonyl (C=O) groups is 2. The average Bonchev–Trinajstić information content (AvgIpc) is 3.26. The zero-order valence-electron chi connectivity index (χ0n) is 12.2. The highest BCUT2D eigenvalue weighted by Gasteiger charge is 2.47. The van der Waals surface area contributed by atoms with Gasteiger partial charge in [-0.05, 0) is 55.9 Å². The Bertz CT molecular complexity index is 598. The van der Waals surface area contributed by atoms with Crippen molar-refractivity contribution in [3.05, 3.63) is 29.6 Å². The monoisotopic (exact) mass is 290 g/mol. The molecule has 2 atom stereocenters. The summed E-state index contributed by atoms with van der Waals surface area (Å²) in [5.41, 5.74) is 1.31. The molecule has 2 amide bonds. The molecule has 4 nitrogen and oxygen atoms in total. The standard InChI is InChI=1S/C16H19FN2O2/c1-3-12-15(20)18-14(10-4-5-10)16(21)19(12)13-7-6-11(17)8-9(13)2/h6-8,10,12,14H,3-5H2,1-2H3,(H,18,20). The van der Waals surface area contributed by atoms with E-state index in [4.69, 9.17) is 0 Å². The van der Waals surface area contributed by atoms with Crippen molar-refractivity contribution in [1.29, 1.82) is 0 Å². The van der Waals surface area contributed by atoms with Crippen molar-refractivity contribution in [2.45, 2.75) is 45.2 Å². The Morgan fingerprint density at radius 3 is 2.62 bits per heavy atom. The Morgan fingerprint density at radius 2 is 2.05 bits per heavy atom. The summed E-state index contributed by atoms with van der Waals surface area (Å²) in [5.74, 6) is -0.268. The molecular formula is C16H19FN2O2. The maximum absolute atomic E-state index is 13.3. The van der Waals surface area contributed by atoms with Crippen LogP contribution >= 0.6 is 0 Å². The van der Waals surface area contributed by atoms with Crippen LogP contribution in [0.15, 0.2) is 18.2 Å². The number of carbonyl (C=O) groups excluding carboxylic acids is 2. The largest absolute Gasteiger partial charge is 0.342 e. The second-order valence-electron chi connectivity index (χ2n) is 5.89. The van der Waals surface area contributed by atoms with E-state index in [-0.39, 0.29) is 23.5 Å². The molecule has 2 unspecified atom stereocenters. The third kappa shape index (κ3) is 2.41. The maximum Gasteiger partial charge on any atom is 0.250 e. The third-order valence-corrected chi connectivity index (χ3v) is 4.31. The minimum absolute atomic E-state index is 0.0707. The SMILES string of the molecule is CCC1C(=O)NC(C2CC2)C(=O)N1c1ccc(F)cc1C. The molecule has 1 N–H and O–H groups in total. The summed E-state index contributed by atoms with van der Waals surface area (Å²) in [6.45, 7) is 3.64. The molecule has 0 radical (unpaired) electrons. The van der Waals surface area contributed by atoms with Crippen LogP contribution in [0.4, 0.5) is 10.1 Å². The van der Waals surface area contributed by atoms with Crippen LogP contribution in [0.2, 0.25) is 0 Å². The van der Waals surface area contributed by atoms with Crippen LogP contribution in [0, 0.1) is 18.7 Å². The van der Waals surface area contributed by atoms with E-state index >= 15 is 0 Å². The molecular weight excluding hydrogens is 271 g/mol. The lowest BCUT2D eigenvalue weighted by molar-refractivity contribution is -0.134. The van der Waals surface area contributed by atoms with E-state index in [1.54, 1.807) is 17.9 Å². The van der Waals surface area contributed by atoms with Gasteiger partial charge in [0.15, 0.2) is 0 Å². The number of benzene rings is 1. The van der Waals surface area contributed by atoms with Gasteiger partial charge in [-0.2, -0.15) is 0 Å². The van der Waals surface area contributed by atoms with Crippen molar-refractivity contribution in [1.82, 2.24) is 5.32 Å². The first-order valence-electron chi connectivity index (χ1n) is 7.42. The number of anilines is 1. The molecule has 1 heterocycles. The quantitative estimate of drug-likeness (QED) is 0.927. The van der Waals surface area contributed by atoms with Gasteiger partial charge in [-0.1, -0.05) is 6.92 Å². The van der Waals surface area contributed by atoms with Gasteiger partial charge in [-0.15, -0.1) is 0 Å². The fourth-order valence-electron chi connectivity index (χ4n) is 3.02. The van der Waals surface area contributed by atoms with Crippen LogP contribution in [-0.4, -0.2) is 23.9 Å². The number of halogens is 1. The van der Waals surface area contributed by atoms with Crippen LogP contribution in [-0.2, 0) is 9.59 Å². The molecule has 0 spiro atoms. The fraction of sp³-hybridized carbons (Fsp3) is 0.500. The maximum atomic E-state index is 13.3. The molecule has 21 heavy (non-hydrogen) atoms. The summed E-state index contributed by atoms with van der Waals surface area (Å²) in [6.07, 6.45) is 2.49. The van der Waals surface area contributed by atoms with Gasteiger partial charge in [0.25, 0.3) is 5.91 Å². The van der Waals surface area contributed by atoms with Gasteiger partial charge < -0.3 is 5.32 Å². The van der Waals surface area contributed by atoms with Crippen molar-refractivity contribution >= 4 is 17.5 Å². The number of hydrogen-bond donors (Lipinski definition) is 1. The molecule has 112 valence electrons. The van der Waals surface area contributed by atoms with Gasteiger partial charge >= 0.3 is 0 Å². The summed E-state index contributed by atoms with van der Waals surface area (Å²) < 4.78 is 13.3. The normalized spacial score (nSPS) is 26.0. The van der Waals surface area contributed by atoms with Gasteiger partial charge in [0, 0.05) is 5.69 Å². The third-order valence-electron chi connectivity index (χ3n) is 4.31. The lowest BCUT2D eigenvalue weighted by atomic mass is 9.99.